The van der Waals surface area contributed by atoms with Gasteiger partial charge >= 0.3 is 5.97 Å². The topological polar surface area (TPSA) is 55.1 Å². The van der Waals surface area contributed by atoms with Crippen LogP contribution in [0.1, 0.15) is 18.3 Å². The summed E-state index contributed by atoms with van der Waals surface area (Å²) in [7, 11) is 0. The number of rotatable bonds is 4. The van der Waals surface area contributed by atoms with Crippen molar-refractivity contribution in [1.82, 2.24) is 9.55 Å². The standard InChI is InChI=1S/C10H12N2O2/c1-3-5-8-9(4-2)12(7-11-8)6-10(13)14/h3-5,7H,2,6H2,1H3,(H,13,14)/b5-3-. The second-order valence-corrected chi connectivity index (χ2v) is 2.74. The molecule has 0 atom stereocenters. The van der Waals surface area contributed by atoms with Gasteiger partial charge in [0.15, 0.2) is 0 Å². The fourth-order valence-corrected chi connectivity index (χ4v) is 1.19. The van der Waals surface area contributed by atoms with Crippen LogP contribution in [0, 0.1) is 0 Å². The van der Waals surface area contributed by atoms with E-state index in [1.54, 1.807) is 10.6 Å². The van der Waals surface area contributed by atoms with Crippen molar-refractivity contribution in [2.45, 2.75) is 13.5 Å². The summed E-state index contributed by atoms with van der Waals surface area (Å²) in [5.41, 5.74) is 1.47. The molecule has 0 fully saturated rings. The summed E-state index contributed by atoms with van der Waals surface area (Å²) in [4.78, 5) is 14.6. The van der Waals surface area contributed by atoms with Crippen molar-refractivity contribution < 1.29 is 9.90 Å². The van der Waals surface area contributed by atoms with E-state index in [2.05, 4.69) is 11.6 Å². The summed E-state index contributed by atoms with van der Waals surface area (Å²) < 4.78 is 1.55. The molecular formula is C10H12N2O2. The zero-order chi connectivity index (χ0) is 10.6. The highest BCUT2D eigenvalue weighted by Gasteiger charge is 2.07. The van der Waals surface area contributed by atoms with E-state index in [9.17, 15) is 4.79 Å². The zero-order valence-electron chi connectivity index (χ0n) is 7.97. The third kappa shape index (κ3) is 2.10. The molecule has 0 saturated heterocycles. The molecule has 0 aliphatic heterocycles. The number of hydrogen-bond acceptors (Lipinski definition) is 2. The lowest BCUT2D eigenvalue weighted by molar-refractivity contribution is -0.137. The third-order valence-corrected chi connectivity index (χ3v) is 1.73. The van der Waals surface area contributed by atoms with E-state index in [1.807, 2.05) is 19.1 Å². The van der Waals surface area contributed by atoms with E-state index in [1.165, 1.54) is 6.33 Å². The molecule has 0 radical (unpaired) electrons. The van der Waals surface area contributed by atoms with Crippen molar-refractivity contribution in [3.8, 4) is 0 Å². The van der Waals surface area contributed by atoms with E-state index >= 15 is 0 Å². The Morgan fingerprint density at radius 1 is 1.79 bits per heavy atom. The van der Waals surface area contributed by atoms with Gasteiger partial charge < -0.3 is 9.67 Å². The van der Waals surface area contributed by atoms with Crippen LogP contribution in [0.4, 0.5) is 0 Å². The average molecular weight is 192 g/mol. The molecule has 14 heavy (non-hydrogen) atoms. The smallest absolute Gasteiger partial charge is 0.323 e. The van der Waals surface area contributed by atoms with E-state index in [0.717, 1.165) is 11.4 Å². The van der Waals surface area contributed by atoms with Gasteiger partial charge in [-0.2, -0.15) is 0 Å². The van der Waals surface area contributed by atoms with E-state index in [0.29, 0.717) is 0 Å². The second-order valence-electron chi connectivity index (χ2n) is 2.74. The van der Waals surface area contributed by atoms with Crippen LogP contribution in [0.5, 0.6) is 0 Å². The van der Waals surface area contributed by atoms with Gasteiger partial charge in [-0.15, -0.1) is 0 Å². The number of nitrogens with zero attached hydrogens (tertiary/aromatic N) is 2. The van der Waals surface area contributed by atoms with Crippen LogP contribution < -0.4 is 0 Å². The minimum atomic E-state index is -0.891. The summed E-state index contributed by atoms with van der Waals surface area (Å²) in [5.74, 6) is -0.891. The first-order valence-corrected chi connectivity index (χ1v) is 4.21. The molecule has 4 nitrogen and oxygen atoms in total. The maximum absolute atomic E-state index is 10.5. The molecular weight excluding hydrogens is 180 g/mol. The van der Waals surface area contributed by atoms with Gasteiger partial charge in [-0.3, -0.25) is 4.79 Å². The summed E-state index contributed by atoms with van der Waals surface area (Å²) in [6, 6.07) is 0. The van der Waals surface area contributed by atoms with Crippen LogP contribution in [0.15, 0.2) is 19.0 Å². The Morgan fingerprint density at radius 3 is 3.00 bits per heavy atom. The Labute approximate surface area is 82.2 Å². The van der Waals surface area contributed by atoms with Crippen LogP contribution in [0.25, 0.3) is 12.2 Å². The van der Waals surface area contributed by atoms with Gasteiger partial charge in [-0.05, 0) is 19.1 Å². The predicted molar refractivity (Wildman–Crippen MR) is 54.7 cm³/mol. The molecule has 0 spiro atoms. The monoisotopic (exact) mass is 192 g/mol. The first-order valence-electron chi connectivity index (χ1n) is 4.21. The summed E-state index contributed by atoms with van der Waals surface area (Å²) >= 11 is 0. The maximum atomic E-state index is 10.5. The highest BCUT2D eigenvalue weighted by atomic mass is 16.4. The predicted octanol–water partition coefficient (Wildman–Crippen LogP) is 1.64. The minimum Gasteiger partial charge on any atom is -0.480 e. The molecule has 1 rings (SSSR count). The lowest BCUT2D eigenvalue weighted by Gasteiger charge is -2.00. The van der Waals surface area contributed by atoms with Crippen molar-refractivity contribution >= 4 is 18.1 Å². The molecule has 0 saturated carbocycles. The minimum absolute atomic E-state index is 0.0914. The number of aromatic nitrogens is 2. The lowest BCUT2D eigenvalue weighted by atomic mass is 10.3. The van der Waals surface area contributed by atoms with Gasteiger partial charge in [0.1, 0.15) is 6.54 Å². The molecule has 1 aromatic rings. The summed E-state index contributed by atoms with van der Waals surface area (Å²) in [6.07, 6.45) is 6.77. The number of carboxylic acid groups (broad SMARTS) is 1. The van der Waals surface area contributed by atoms with Crippen molar-refractivity contribution in [3.05, 3.63) is 30.4 Å². The molecule has 1 aromatic heterocycles. The third-order valence-electron chi connectivity index (χ3n) is 1.73. The molecule has 4 heteroatoms. The van der Waals surface area contributed by atoms with Gasteiger partial charge in [-0.1, -0.05) is 12.7 Å². The molecule has 0 unspecified atom stereocenters. The van der Waals surface area contributed by atoms with Gasteiger partial charge in [-0.25, -0.2) is 4.98 Å². The van der Waals surface area contributed by atoms with Gasteiger partial charge in [0, 0.05) is 0 Å². The Balaban J connectivity index is 3.06. The first kappa shape index (κ1) is 10.2. The first-order chi connectivity index (χ1) is 6.69. The molecule has 1 N–H and O–H groups in total. The molecule has 74 valence electrons. The van der Waals surface area contributed by atoms with E-state index in [4.69, 9.17) is 5.11 Å². The quantitative estimate of drug-likeness (QED) is 0.789. The van der Waals surface area contributed by atoms with Crippen LogP contribution >= 0.6 is 0 Å². The van der Waals surface area contributed by atoms with Crippen LogP contribution in [0.2, 0.25) is 0 Å². The Bertz CT molecular complexity index is 377. The molecule has 0 amide bonds. The summed E-state index contributed by atoms with van der Waals surface area (Å²) in [5, 5.41) is 8.63. The van der Waals surface area contributed by atoms with Crippen LogP contribution in [-0.2, 0) is 11.3 Å². The molecule has 1 heterocycles. The number of hydrogen-bond donors (Lipinski definition) is 1. The molecule has 0 aromatic carbocycles. The molecule has 0 bridgehead atoms. The zero-order valence-corrected chi connectivity index (χ0v) is 7.97. The van der Waals surface area contributed by atoms with Crippen molar-refractivity contribution in [3.63, 3.8) is 0 Å². The van der Waals surface area contributed by atoms with Gasteiger partial charge in [0.25, 0.3) is 0 Å². The SMILES string of the molecule is C=Cc1c(/C=C\C)ncn1CC(=O)O. The fourth-order valence-electron chi connectivity index (χ4n) is 1.19. The largest absolute Gasteiger partial charge is 0.480 e. The van der Waals surface area contributed by atoms with Crippen LogP contribution in [-0.4, -0.2) is 20.6 Å². The highest BCUT2D eigenvalue weighted by Crippen LogP contribution is 2.10. The van der Waals surface area contributed by atoms with E-state index in [-0.39, 0.29) is 6.54 Å². The number of aliphatic carboxylic acids is 1. The number of carboxylic acids is 1. The van der Waals surface area contributed by atoms with E-state index < -0.39 is 5.97 Å². The van der Waals surface area contributed by atoms with Gasteiger partial charge in [0.2, 0.25) is 0 Å². The van der Waals surface area contributed by atoms with Gasteiger partial charge in [0.05, 0.1) is 17.7 Å². The Hall–Kier alpha value is -1.84. The number of carbonyl (C=O) groups is 1. The van der Waals surface area contributed by atoms with Crippen LogP contribution in [0.3, 0.4) is 0 Å². The average Bonchev–Trinajstić information content (AvgIpc) is 2.47. The molecule has 0 aliphatic rings. The lowest BCUT2D eigenvalue weighted by Crippen LogP contribution is -2.09. The normalized spacial score (nSPS) is 10.6. The maximum Gasteiger partial charge on any atom is 0.323 e. The Kier molecular flexibility index (Phi) is 3.23. The summed E-state index contributed by atoms with van der Waals surface area (Å²) in [6.45, 7) is 5.41. The second kappa shape index (κ2) is 4.41. The fraction of sp³-hybridized carbons (Fsp3) is 0.200. The highest BCUT2D eigenvalue weighted by molar-refractivity contribution is 5.68. The Morgan fingerprint density at radius 2 is 2.50 bits per heavy atom. The van der Waals surface area contributed by atoms with Crippen molar-refractivity contribution in [2.75, 3.05) is 0 Å². The van der Waals surface area contributed by atoms with Crippen molar-refractivity contribution in [2.24, 2.45) is 0 Å². The van der Waals surface area contributed by atoms with Crippen molar-refractivity contribution in [1.29, 1.82) is 0 Å². The number of imidazole rings is 1. The molecule has 0 aliphatic carbocycles. The number of allylic oxidation sites excluding steroid dienone is 1.